The van der Waals surface area contributed by atoms with E-state index >= 15 is 0 Å². The van der Waals surface area contributed by atoms with Crippen LogP contribution in [-0.4, -0.2) is 28.7 Å². The van der Waals surface area contributed by atoms with Gasteiger partial charge in [0.1, 0.15) is 0 Å². The van der Waals surface area contributed by atoms with Gasteiger partial charge < -0.3 is 10.1 Å². The van der Waals surface area contributed by atoms with Crippen molar-refractivity contribution in [1.29, 1.82) is 0 Å². The first-order valence-electron chi connectivity index (χ1n) is 7.63. The summed E-state index contributed by atoms with van der Waals surface area (Å²) in [4.78, 5) is 0. The summed E-state index contributed by atoms with van der Waals surface area (Å²) in [6.45, 7) is 5.14. The standard InChI is InChI=1S/C16H21N3OS2/c1-11-6-5-8-14(12(11)2)17-15-18-19-16(22-15)21-10-13-7-3-4-9-20-13/h5-6,8,13H,3-4,7,9-10H2,1-2H3,(H,17,18)/t13-/m0/s1. The number of nitrogens with zero attached hydrogens (tertiary/aromatic N) is 2. The zero-order chi connectivity index (χ0) is 15.4. The van der Waals surface area contributed by atoms with Gasteiger partial charge in [-0.1, -0.05) is 35.2 Å². The van der Waals surface area contributed by atoms with Gasteiger partial charge in [-0.2, -0.15) is 0 Å². The molecule has 1 aliphatic rings. The molecule has 0 saturated carbocycles. The maximum Gasteiger partial charge on any atom is 0.210 e. The van der Waals surface area contributed by atoms with E-state index in [0.29, 0.717) is 6.10 Å². The summed E-state index contributed by atoms with van der Waals surface area (Å²) in [7, 11) is 0. The third kappa shape index (κ3) is 4.00. The van der Waals surface area contributed by atoms with Crippen LogP contribution in [0.25, 0.3) is 0 Å². The van der Waals surface area contributed by atoms with Crippen LogP contribution < -0.4 is 5.32 Å². The average molecular weight is 335 g/mol. The summed E-state index contributed by atoms with van der Waals surface area (Å²) in [6.07, 6.45) is 4.02. The first kappa shape index (κ1) is 15.8. The normalized spacial score (nSPS) is 18.4. The molecule has 3 rings (SSSR count). The highest BCUT2D eigenvalue weighted by atomic mass is 32.2. The van der Waals surface area contributed by atoms with Gasteiger partial charge in [0.15, 0.2) is 4.34 Å². The third-order valence-electron chi connectivity index (χ3n) is 3.92. The fourth-order valence-electron chi connectivity index (χ4n) is 2.42. The Morgan fingerprint density at radius 3 is 3.05 bits per heavy atom. The van der Waals surface area contributed by atoms with Crippen molar-refractivity contribution in [2.24, 2.45) is 0 Å². The van der Waals surface area contributed by atoms with Gasteiger partial charge in [0, 0.05) is 18.0 Å². The summed E-state index contributed by atoms with van der Waals surface area (Å²) in [6, 6.07) is 6.25. The Hall–Kier alpha value is -1.11. The number of thioether (sulfide) groups is 1. The van der Waals surface area contributed by atoms with Gasteiger partial charge in [0.2, 0.25) is 5.13 Å². The molecule has 1 aliphatic heterocycles. The van der Waals surface area contributed by atoms with Crippen molar-refractivity contribution in [1.82, 2.24) is 10.2 Å². The van der Waals surface area contributed by atoms with Crippen molar-refractivity contribution < 1.29 is 4.74 Å². The zero-order valence-electron chi connectivity index (χ0n) is 13.0. The molecule has 6 heteroatoms. The quantitative estimate of drug-likeness (QED) is 0.812. The van der Waals surface area contributed by atoms with Crippen molar-refractivity contribution in [2.45, 2.75) is 43.6 Å². The molecule has 4 nitrogen and oxygen atoms in total. The molecular weight excluding hydrogens is 314 g/mol. The minimum Gasteiger partial charge on any atom is -0.377 e. The molecule has 1 aromatic carbocycles. The Balaban J connectivity index is 1.57. The van der Waals surface area contributed by atoms with E-state index in [-0.39, 0.29) is 0 Å². The average Bonchev–Trinajstić information content (AvgIpc) is 2.98. The van der Waals surface area contributed by atoms with Crippen molar-refractivity contribution in [2.75, 3.05) is 17.7 Å². The Labute approximate surface area is 139 Å². The van der Waals surface area contributed by atoms with Gasteiger partial charge in [-0.3, -0.25) is 0 Å². The molecule has 118 valence electrons. The Kier molecular flexibility index (Phi) is 5.33. The van der Waals surface area contributed by atoms with Crippen molar-refractivity contribution in [3.05, 3.63) is 29.3 Å². The van der Waals surface area contributed by atoms with E-state index < -0.39 is 0 Å². The van der Waals surface area contributed by atoms with Crippen LogP contribution in [0.3, 0.4) is 0 Å². The van der Waals surface area contributed by atoms with Crippen molar-refractivity contribution >= 4 is 33.9 Å². The lowest BCUT2D eigenvalue weighted by molar-refractivity contribution is 0.0315. The maximum absolute atomic E-state index is 5.75. The summed E-state index contributed by atoms with van der Waals surface area (Å²) in [5, 5.41) is 12.7. The predicted octanol–water partition coefficient (Wildman–Crippen LogP) is 4.56. The SMILES string of the molecule is Cc1cccc(Nc2nnc(SC[C@@H]3CCCCO3)s2)c1C. The fraction of sp³-hybridized carbons (Fsp3) is 0.500. The van der Waals surface area contributed by atoms with Crippen LogP contribution in [0.5, 0.6) is 0 Å². The van der Waals surface area contributed by atoms with Crippen molar-refractivity contribution in [3.8, 4) is 0 Å². The van der Waals surface area contributed by atoms with Crippen LogP contribution in [0.2, 0.25) is 0 Å². The van der Waals surface area contributed by atoms with Gasteiger partial charge in [-0.25, -0.2) is 0 Å². The Bertz CT molecular complexity index is 624. The second-order valence-electron chi connectivity index (χ2n) is 5.55. The molecule has 1 N–H and O–H groups in total. The lowest BCUT2D eigenvalue weighted by Gasteiger charge is -2.21. The molecular formula is C16H21N3OS2. The second-order valence-corrected chi connectivity index (χ2v) is 7.79. The number of rotatable bonds is 5. The third-order valence-corrected chi connectivity index (χ3v) is 6.02. The van der Waals surface area contributed by atoms with Gasteiger partial charge in [-0.05, 0) is 50.3 Å². The minimum atomic E-state index is 0.373. The van der Waals surface area contributed by atoms with Crippen LogP contribution in [0.15, 0.2) is 22.5 Å². The minimum absolute atomic E-state index is 0.373. The monoisotopic (exact) mass is 335 g/mol. The largest absolute Gasteiger partial charge is 0.377 e. The summed E-state index contributed by atoms with van der Waals surface area (Å²) in [5.74, 6) is 0.970. The van der Waals surface area contributed by atoms with E-state index in [9.17, 15) is 0 Å². The number of hydrogen-bond donors (Lipinski definition) is 1. The fourth-order valence-corrected chi connectivity index (χ4v) is 4.28. The molecule has 2 aromatic rings. The highest BCUT2D eigenvalue weighted by Crippen LogP contribution is 2.30. The van der Waals surface area contributed by atoms with E-state index in [0.717, 1.165) is 27.5 Å². The molecule has 1 fully saturated rings. The summed E-state index contributed by atoms with van der Waals surface area (Å²) < 4.78 is 6.75. The maximum atomic E-state index is 5.75. The van der Waals surface area contributed by atoms with E-state index in [1.807, 2.05) is 0 Å². The van der Waals surface area contributed by atoms with E-state index in [2.05, 4.69) is 47.6 Å². The van der Waals surface area contributed by atoms with Crippen LogP contribution in [-0.2, 0) is 4.74 Å². The number of anilines is 2. The molecule has 1 atom stereocenters. The molecule has 1 saturated heterocycles. The molecule has 1 aromatic heterocycles. The lowest BCUT2D eigenvalue weighted by atomic mass is 10.1. The Morgan fingerprint density at radius 2 is 2.23 bits per heavy atom. The highest BCUT2D eigenvalue weighted by molar-refractivity contribution is 8.01. The number of nitrogens with one attached hydrogen (secondary N) is 1. The van der Waals surface area contributed by atoms with Gasteiger partial charge >= 0.3 is 0 Å². The number of benzene rings is 1. The molecule has 2 heterocycles. The highest BCUT2D eigenvalue weighted by Gasteiger charge is 2.15. The second kappa shape index (κ2) is 7.44. The predicted molar refractivity (Wildman–Crippen MR) is 93.4 cm³/mol. The molecule has 0 unspecified atom stereocenters. The van der Waals surface area contributed by atoms with Crippen LogP contribution in [0, 0.1) is 13.8 Å². The van der Waals surface area contributed by atoms with E-state index in [1.54, 1.807) is 23.1 Å². The topological polar surface area (TPSA) is 47.0 Å². The van der Waals surface area contributed by atoms with Crippen LogP contribution >= 0.6 is 23.1 Å². The summed E-state index contributed by atoms with van der Waals surface area (Å²) in [5.41, 5.74) is 3.63. The number of ether oxygens (including phenoxy) is 1. The molecule has 0 spiro atoms. The van der Waals surface area contributed by atoms with E-state index in [4.69, 9.17) is 4.74 Å². The smallest absolute Gasteiger partial charge is 0.210 e. The number of aromatic nitrogens is 2. The summed E-state index contributed by atoms with van der Waals surface area (Å²) >= 11 is 3.35. The van der Waals surface area contributed by atoms with Gasteiger partial charge in [-0.15, -0.1) is 10.2 Å². The molecule has 0 bridgehead atoms. The van der Waals surface area contributed by atoms with Gasteiger partial charge in [0.05, 0.1) is 6.10 Å². The molecule has 0 radical (unpaired) electrons. The number of aryl methyl sites for hydroxylation is 1. The zero-order valence-corrected chi connectivity index (χ0v) is 14.6. The first-order valence-corrected chi connectivity index (χ1v) is 9.44. The lowest BCUT2D eigenvalue weighted by Crippen LogP contribution is -2.21. The van der Waals surface area contributed by atoms with Crippen LogP contribution in [0.4, 0.5) is 10.8 Å². The van der Waals surface area contributed by atoms with Crippen molar-refractivity contribution in [3.63, 3.8) is 0 Å². The molecule has 0 amide bonds. The molecule has 0 aliphatic carbocycles. The van der Waals surface area contributed by atoms with E-state index in [1.165, 1.54) is 30.4 Å². The van der Waals surface area contributed by atoms with Crippen LogP contribution in [0.1, 0.15) is 30.4 Å². The van der Waals surface area contributed by atoms with Gasteiger partial charge in [0.25, 0.3) is 0 Å². The number of hydrogen-bond acceptors (Lipinski definition) is 6. The Morgan fingerprint density at radius 1 is 1.32 bits per heavy atom. The first-order chi connectivity index (χ1) is 10.7. The molecule has 22 heavy (non-hydrogen) atoms.